The molecule has 1 saturated carbocycles. The van der Waals surface area contributed by atoms with Crippen LogP contribution in [-0.4, -0.2) is 13.1 Å². The Labute approximate surface area is 115 Å². The summed E-state index contributed by atoms with van der Waals surface area (Å²) in [4.78, 5) is 1.51. The summed E-state index contributed by atoms with van der Waals surface area (Å²) in [6.07, 6.45) is 6.61. The molecule has 0 spiro atoms. The number of hydrogen-bond donors (Lipinski definition) is 2. The Morgan fingerprint density at radius 3 is 2.83 bits per heavy atom. The van der Waals surface area contributed by atoms with Gasteiger partial charge in [-0.05, 0) is 61.2 Å². The highest BCUT2D eigenvalue weighted by molar-refractivity contribution is 7.10. The summed E-state index contributed by atoms with van der Waals surface area (Å²) in [5, 5.41) is 5.86. The molecule has 1 aliphatic carbocycles. The van der Waals surface area contributed by atoms with Crippen LogP contribution in [0.25, 0.3) is 0 Å². The van der Waals surface area contributed by atoms with Crippen molar-refractivity contribution in [3.05, 3.63) is 21.9 Å². The fourth-order valence-corrected chi connectivity index (χ4v) is 4.02. The maximum Gasteiger partial charge on any atom is 0.0302 e. The minimum Gasteiger partial charge on any atom is -0.330 e. The molecule has 102 valence electrons. The molecular formula is C15H26N2S. The lowest BCUT2D eigenvalue weighted by atomic mass is 9.79. The van der Waals surface area contributed by atoms with Crippen molar-refractivity contribution in [2.24, 2.45) is 17.6 Å². The van der Waals surface area contributed by atoms with Crippen molar-refractivity contribution in [2.45, 2.75) is 45.6 Å². The number of thiophene rings is 1. The molecule has 1 aromatic heterocycles. The third-order valence-electron chi connectivity index (χ3n) is 4.28. The summed E-state index contributed by atoms with van der Waals surface area (Å²) in [7, 11) is 0. The molecule has 1 aliphatic rings. The molecule has 0 saturated heterocycles. The van der Waals surface area contributed by atoms with Crippen LogP contribution in [0, 0.1) is 11.8 Å². The van der Waals surface area contributed by atoms with Crippen LogP contribution in [0.5, 0.6) is 0 Å². The molecule has 1 fully saturated rings. The van der Waals surface area contributed by atoms with Crippen molar-refractivity contribution >= 4 is 11.3 Å². The molecule has 18 heavy (non-hydrogen) atoms. The first-order valence-electron chi connectivity index (χ1n) is 7.31. The number of hydrogen-bond acceptors (Lipinski definition) is 3. The van der Waals surface area contributed by atoms with Gasteiger partial charge in [0.25, 0.3) is 0 Å². The van der Waals surface area contributed by atoms with Crippen LogP contribution in [0.3, 0.4) is 0 Å². The topological polar surface area (TPSA) is 38.0 Å². The van der Waals surface area contributed by atoms with Gasteiger partial charge in [-0.25, -0.2) is 0 Å². The second-order valence-corrected chi connectivity index (χ2v) is 6.39. The van der Waals surface area contributed by atoms with Crippen molar-refractivity contribution in [3.8, 4) is 0 Å². The van der Waals surface area contributed by atoms with Crippen LogP contribution >= 0.6 is 11.3 Å². The van der Waals surface area contributed by atoms with E-state index in [4.69, 9.17) is 5.73 Å². The number of nitrogens with one attached hydrogen (secondary N) is 1. The fraction of sp³-hybridized carbons (Fsp3) is 0.733. The predicted molar refractivity (Wildman–Crippen MR) is 79.9 cm³/mol. The summed E-state index contributed by atoms with van der Waals surface area (Å²) >= 11 is 1.88. The Hall–Kier alpha value is -0.380. The SMILES string of the molecule is CCc1ccsc1CNCC1CCCCC1CN. The molecule has 3 heteroatoms. The Morgan fingerprint density at radius 1 is 1.33 bits per heavy atom. The van der Waals surface area contributed by atoms with E-state index in [2.05, 4.69) is 23.7 Å². The van der Waals surface area contributed by atoms with E-state index in [9.17, 15) is 0 Å². The van der Waals surface area contributed by atoms with E-state index < -0.39 is 0 Å². The Balaban J connectivity index is 1.77. The third-order valence-corrected chi connectivity index (χ3v) is 5.24. The van der Waals surface area contributed by atoms with Gasteiger partial charge in [-0.3, -0.25) is 0 Å². The molecule has 2 unspecified atom stereocenters. The van der Waals surface area contributed by atoms with Gasteiger partial charge in [0, 0.05) is 11.4 Å². The van der Waals surface area contributed by atoms with Gasteiger partial charge in [-0.1, -0.05) is 19.8 Å². The molecule has 1 heterocycles. The Kier molecular flexibility index (Phi) is 5.67. The molecule has 0 bridgehead atoms. The predicted octanol–water partition coefficient (Wildman–Crippen LogP) is 3.17. The molecule has 2 atom stereocenters. The summed E-state index contributed by atoms with van der Waals surface area (Å²) in [5.41, 5.74) is 7.39. The summed E-state index contributed by atoms with van der Waals surface area (Å²) in [6.45, 7) is 5.28. The van der Waals surface area contributed by atoms with Crippen molar-refractivity contribution in [1.29, 1.82) is 0 Å². The zero-order valence-electron chi connectivity index (χ0n) is 11.5. The maximum atomic E-state index is 5.88. The molecule has 0 aromatic carbocycles. The van der Waals surface area contributed by atoms with Gasteiger partial charge >= 0.3 is 0 Å². The lowest BCUT2D eigenvalue weighted by molar-refractivity contribution is 0.236. The fourth-order valence-electron chi connectivity index (χ4n) is 3.07. The minimum absolute atomic E-state index is 0.750. The zero-order valence-corrected chi connectivity index (χ0v) is 12.3. The smallest absolute Gasteiger partial charge is 0.0302 e. The van der Waals surface area contributed by atoms with Crippen LogP contribution in [0.1, 0.15) is 43.0 Å². The van der Waals surface area contributed by atoms with Gasteiger partial charge in [-0.15, -0.1) is 11.3 Å². The van der Waals surface area contributed by atoms with Crippen LogP contribution in [0.2, 0.25) is 0 Å². The first kappa shape index (κ1) is 14.0. The molecule has 0 aliphatic heterocycles. The van der Waals surface area contributed by atoms with E-state index in [-0.39, 0.29) is 0 Å². The highest BCUT2D eigenvalue weighted by atomic mass is 32.1. The molecule has 1 aromatic rings. The van der Waals surface area contributed by atoms with E-state index in [1.165, 1.54) is 36.1 Å². The number of aryl methyl sites for hydroxylation is 1. The first-order valence-corrected chi connectivity index (χ1v) is 8.19. The van der Waals surface area contributed by atoms with Crippen LogP contribution in [-0.2, 0) is 13.0 Å². The molecular weight excluding hydrogens is 240 g/mol. The van der Waals surface area contributed by atoms with Crippen LogP contribution in [0.15, 0.2) is 11.4 Å². The second-order valence-electron chi connectivity index (χ2n) is 5.39. The van der Waals surface area contributed by atoms with Gasteiger partial charge < -0.3 is 11.1 Å². The van der Waals surface area contributed by atoms with E-state index in [1.54, 1.807) is 0 Å². The standard InChI is InChI=1S/C15H26N2S/c1-2-12-7-8-18-15(12)11-17-10-14-6-4-3-5-13(14)9-16/h7-8,13-14,17H,2-6,9-11,16H2,1H3. The molecule has 2 rings (SSSR count). The maximum absolute atomic E-state index is 5.88. The summed E-state index contributed by atoms with van der Waals surface area (Å²) in [5.74, 6) is 1.55. The number of nitrogens with two attached hydrogens (primary N) is 1. The molecule has 0 amide bonds. The van der Waals surface area contributed by atoms with Gasteiger partial charge in [0.15, 0.2) is 0 Å². The summed E-state index contributed by atoms with van der Waals surface area (Å²) < 4.78 is 0. The second kappa shape index (κ2) is 7.27. The lowest BCUT2D eigenvalue weighted by Gasteiger charge is -2.30. The average Bonchev–Trinajstić information content (AvgIpc) is 2.87. The quantitative estimate of drug-likeness (QED) is 0.830. The number of rotatable bonds is 6. The third kappa shape index (κ3) is 3.56. The van der Waals surface area contributed by atoms with E-state index in [0.717, 1.165) is 37.9 Å². The average molecular weight is 266 g/mol. The van der Waals surface area contributed by atoms with Gasteiger partial charge in [0.1, 0.15) is 0 Å². The summed E-state index contributed by atoms with van der Waals surface area (Å²) in [6, 6.07) is 2.25. The monoisotopic (exact) mass is 266 g/mol. The lowest BCUT2D eigenvalue weighted by Crippen LogP contribution is -2.34. The highest BCUT2D eigenvalue weighted by Gasteiger charge is 2.23. The van der Waals surface area contributed by atoms with E-state index in [1.807, 2.05) is 11.3 Å². The van der Waals surface area contributed by atoms with Crippen molar-refractivity contribution in [3.63, 3.8) is 0 Å². The van der Waals surface area contributed by atoms with E-state index in [0.29, 0.717) is 0 Å². The molecule has 3 N–H and O–H groups in total. The largest absolute Gasteiger partial charge is 0.330 e. The van der Waals surface area contributed by atoms with Crippen LogP contribution in [0.4, 0.5) is 0 Å². The first-order chi connectivity index (χ1) is 8.85. The molecule has 0 radical (unpaired) electrons. The van der Waals surface area contributed by atoms with Gasteiger partial charge in [0.05, 0.1) is 0 Å². The van der Waals surface area contributed by atoms with Crippen LogP contribution < -0.4 is 11.1 Å². The van der Waals surface area contributed by atoms with Gasteiger partial charge in [-0.2, -0.15) is 0 Å². The van der Waals surface area contributed by atoms with Crippen molar-refractivity contribution in [2.75, 3.05) is 13.1 Å². The molecule has 2 nitrogen and oxygen atoms in total. The zero-order chi connectivity index (χ0) is 12.8. The van der Waals surface area contributed by atoms with E-state index >= 15 is 0 Å². The normalized spacial score (nSPS) is 24.3. The van der Waals surface area contributed by atoms with Gasteiger partial charge in [0.2, 0.25) is 0 Å². The minimum atomic E-state index is 0.750. The van der Waals surface area contributed by atoms with Crippen molar-refractivity contribution < 1.29 is 0 Å². The highest BCUT2D eigenvalue weighted by Crippen LogP contribution is 2.28. The Morgan fingerprint density at radius 2 is 2.11 bits per heavy atom. The van der Waals surface area contributed by atoms with Crippen molar-refractivity contribution in [1.82, 2.24) is 5.32 Å². The Bertz CT molecular complexity index is 348.